The van der Waals surface area contributed by atoms with Crippen molar-refractivity contribution in [1.29, 1.82) is 0 Å². The van der Waals surface area contributed by atoms with Crippen LogP contribution >= 0.6 is 8.38 Å². The van der Waals surface area contributed by atoms with Crippen molar-refractivity contribution in [2.75, 3.05) is 7.05 Å². The van der Waals surface area contributed by atoms with Crippen LogP contribution < -0.4 is 5.32 Å². The van der Waals surface area contributed by atoms with Gasteiger partial charge in [0.05, 0.1) is 6.10 Å². The van der Waals surface area contributed by atoms with E-state index in [0.717, 1.165) is 12.8 Å². The van der Waals surface area contributed by atoms with Crippen LogP contribution in [-0.2, 0) is 14.3 Å². The van der Waals surface area contributed by atoms with Crippen LogP contribution in [0.1, 0.15) is 26.7 Å². The molecule has 0 spiro atoms. The third-order valence-corrected chi connectivity index (χ3v) is 5.06. The molecule has 1 heterocycles. The van der Waals surface area contributed by atoms with E-state index in [1.54, 1.807) is 25.1 Å². The summed E-state index contributed by atoms with van der Waals surface area (Å²) in [5.41, 5.74) is -0.206. The molecule has 0 bridgehead atoms. The number of amides is 2. The van der Waals surface area contributed by atoms with Crippen molar-refractivity contribution >= 4 is 20.7 Å². The maximum Gasteiger partial charge on any atom is 0.251 e. The van der Waals surface area contributed by atoms with Gasteiger partial charge in [-0.25, -0.2) is 0 Å². The minimum absolute atomic E-state index is 0.0334. The molecule has 8 heteroatoms. The molecule has 7 nitrogen and oxygen atoms in total. The van der Waals surface area contributed by atoms with Gasteiger partial charge in [-0.15, -0.1) is 0 Å². The zero-order chi connectivity index (χ0) is 16.0. The molecule has 0 aromatic heterocycles. The largest absolute Gasteiger partial charge is 0.355 e. The van der Waals surface area contributed by atoms with Gasteiger partial charge >= 0.3 is 0 Å². The van der Waals surface area contributed by atoms with E-state index in [1.165, 1.54) is 6.08 Å². The van der Waals surface area contributed by atoms with Crippen LogP contribution in [0, 0.1) is 5.92 Å². The lowest BCUT2D eigenvalue weighted by atomic mass is 9.99. The third kappa shape index (κ3) is 5.36. The topological polar surface area (TPSA) is 99.1 Å². The normalized spacial score (nSPS) is 25.0. The summed E-state index contributed by atoms with van der Waals surface area (Å²) >= 11 is 0. The summed E-state index contributed by atoms with van der Waals surface area (Å²) in [5, 5.41) is 2.02. The van der Waals surface area contributed by atoms with E-state index in [0.29, 0.717) is 6.41 Å². The summed E-state index contributed by atoms with van der Waals surface area (Å²) in [5.74, 6) is -0.438. The van der Waals surface area contributed by atoms with Gasteiger partial charge in [0, 0.05) is 25.0 Å². The number of imide groups is 1. The molecule has 2 amide bonds. The fourth-order valence-corrected chi connectivity index (χ4v) is 2.85. The average molecular weight is 318 g/mol. The highest BCUT2D eigenvalue weighted by Gasteiger charge is 2.35. The number of hydrogen-bond donors (Lipinski definition) is 3. The first-order valence-corrected chi connectivity index (χ1v) is 8.15. The number of rotatable bonds is 7. The number of nitrogens with zero attached hydrogens (tertiary/aromatic N) is 1. The molecule has 3 N–H and O–H groups in total. The predicted molar refractivity (Wildman–Crippen MR) is 79.0 cm³/mol. The summed E-state index contributed by atoms with van der Waals surface area (Å²) in [6, 6.07) is 0. The van der Waals surface area contributed by atoms with E-state index < -0.39 is 14.3 Å². The second kappa shape index (κ2) is 8.44. The Morgan fingerprint density at radius 2 is 2.10 bits per heavy atom. The van der Waals surface area contributed by atoms with Crippen LogP contribution in [0.2, 0.25) is 0 Å². The van der Waals surface area contributed by atoms with Crippen molar-refractivity contribution in [3.8, 4) is 0 Å². The highest BCUT2D eigenvalue weighted by Crippen LogP contribution is 2.40. The molecule has 1 saturated heterocycles. The molecule has 0 aromatic rings. The SMILES string of the molecule is CC(C1CCC(N(C)/C=C\C(=O)NC=O)O1)C(C)P(O)O. The fraction of sp³-hybridized carbons (Fsp3) is 0.692. The van der Waals surface area contributed by atoms with Gasteiger partial charge in [-0.2, -0.15) is 0 Å². The summed E-state index contributed by atoms with van der Waals surface area (Å²) in [4.78, 5) is 41.6. The molecule has 4 unspecified atom stereocenters. The minimum atomic E-state index is -1.96. The maximum atomic E-state index is 11.1. The molecule has 21 heavy (non-hydrogen) atoms. The highest BCUT2D eigenvalue weighted by atomic mass is 31.2. The molecular weight excluding hydrogens is 295 g/mol. The molecule has 1 fully saturated rings. The summed E-state index contributed by atoms with van der Waals surface area (Å²) in [7, 11) is -0.172. The third-order valence-electron chi connectivity index (χ3n) is 3.86. The molecule has 0 aliphatic carbocycles. The van der Waals surface area contributed by atoms with Gasteiger partial charge in [-0.3, -0.25) is 14.9 Å². The van der Waals surface area contributed by atoms with Crippen LogP contribution in [0.5, 0.6) is 0 Å². The Morgan fingerprint density at radius 1 is 1.43 bits per heavy atom. The van der Waals surface area contributed by atoms with E-state index in [4.69, 9.17) is 4.74 Å². The van der Waals surface area contributed by atoms with Crippen molar-refractivity contribution in [1.82, 2.24) is 10.2 Å². The van der Waals surface area contributed by atoms with Gasteiger partial charge in [0.1, 0.15) is 6.23 Å². The molecule has 1 aliphatic heterocycles. The van der Waals surface area contributed by atoms with E-state index >= 15 is 0 Å². The number of hydrogen-bond acceptors (Lipinski definition) is 6. The Bertz CT molecular complexity index is 391. The highest BCUT2D eigenvalue weighted by molar-refractivity contribution is 7.45. The second-order valence-corrected chi connectivity index (χ2v) is 6.69. The van der Waals surface area contributed by atoms with Crippen LogP contribution in [0.3, 0.4) is 0 Å². The zero-order valence-electron chi connectivity index (χ0n) is 12.5. The molecular formula is C13H23N2O5P. The van der Waals surface area contributed by atoms with Gasteiger partial charge in [0.2, 0.25) is 6.41 Å². The molecule has 120 valence electrons. The average Bonchev–Trinajstić information content (AvgIpc) is 2.93. The van der Waals surface area contributed by atoms with Crippen LogP contribution in [0.15, 0.2) is 12.3 Å². The number of nitrogens with one attached hydrogen (secondary N) is 1. The van der Waals surface area contributed by atoms with Gasteiger partial charge < -0.3 is 19.4 Å². The lowest BCUT2D eigenvalue weighted by molar-refractivity contribution is -0.121. The van der Waals surface area contributed by atoms with Gasteiger partial charge in [0.25, 0.3) is 5.91 Å². The van der Waals surface area contributed by atoms with Crippen molar-refractivity contribution in [3.05, 3.63) is 12.3 Å². The van der Waals surface area contributed by atoms with Gasteiger partial charge in [-0.1, -0.05) is 13.8 Å². The standard InChI is InChI=1S/C13H23N2O5P/c1-9(10(2)21(18)19)11-4-5-13(20-11)15(3)7-6-12(17)14-8-16/h6-11,13,18-19H,4-5H2,1-3H3,(H,14,16,17)/b7-6-. The molecule has 4 atom stereocenters. The Balaban J connectivity index is 2.50. The Morgan fingerprint density at radius 3 is 2.67 bits per heavy atom. The Labute approximate surface area is 125 Å². The van der Waals surface area contributed by atoms with E-state index in [1.807, 2.05) is 12.2 Å². The maximum absolute atomic E-state index is 11.1. The van der Waals surface area contributed by atoms with Crippen molar-refractivity contribution in [2.45, 2.75) is 44.7 Å². The minimum Gasteiger partial charge on any atom is -0.355 e. The van der Waals surface area contributed by atoms with Crippen LogP contribution in [0.25, 0.3) is 0 Å². The molecule has 1 rings (SSSR count). The molecule has 0 radical (unpaired) electrons. The first kappa shape index (κ1) is 18.0. The molecule has 0 saturated carbocycles. The predicted octanol–water partition coefficient (Wildman–Crippen LogP) is 0.531. The molecule has 0 aromatic carbocycles. The van der Waals surface area contributed by atoms with E-state index in [2.05, 4.69) is 0 Å². The number of carbonyl (C=O) groups excluding carboxylic acids is 2. The second-order valence-electron chi connectivity index (χ2n) is 5.23. The van der Waals surface area contributed by atoms with Gasteiger partial charge in [0.15, 0.2) is 8.38 Å². The van der Waals surface area contributed by atoms with E-state index in [9.17, 15) is 19.4 Å². The fourth-order valence-electron chi connectivity index (χ4n) is 2.24. The van der Waals surface area contributed by atoms with Crippen molar-refractivity contribution in [3.63, 3.8) is 0 Å². The monoisotopic (exact) mass is 318 g/mol. The molecule has 1 aliphatic rings. The van der Waals surface area contributed by atoms with E-state index in [-0.39, 0.29) is 23.9 Å². The Hall–Kier alpha value is -1.01. The number of carbonyl (C=O) groups is 2. The van der Waals surface area contributed by atoms with Crippen molar-refractivity contribution < 1.29 is 24.1 Å². The summed E-state index contributed by atoms with van der Waals surface area (Å²) in [6.45, 7) is 3.76. The number of ether oxygens (including phenoxy) is 1. The van der Waals surface area contributed by atoms with Gasteiger partial charge in [-0.05, 0) is 18.8 Å². The first-order chi connectivity index (χ1) is 9.86. The van der Waals surface area contributed by atoms with Crippen LogP contribution in [-0.4, -0.2) is 52.0 Å². The Kier molecular flexibility index (Phi) is 7.25. The lowest BCUT2D eigenvalue weighted by Gasteiger charge is -2.28. The van der Waals surface area contributed by atoms with Crippen LogP contribution in [0.4, 0.5) is 0 Å². The summed E-state index contributed by atoms with van der Waals surface area (Å²) < 4.78 is 5.91. The zero-order valence-corrected chi connectivity index (χ0v) is 13.4. The lowest BCUT2D eigenvalue weighted by Crippen LogP contribution is -2.31. The first-order valence-electron chi connectivity index (χ1n) is 6.83. The smallest absolute Gasteiger partial charge is 0.251 e. The van der Waals surface area contributed by atoms with Crippen molar-refractivity contribution in [2.24, 2.45) is 5.92 Å². The summed E-state index contributed by atoms with van der Waals surface area (Å²) in [6.07, 6.45) is 4.59. The quantitative estimate of drug-likeness (QED) is 0.360.